The Kier molecular flexibility index (Phi) is 11.9. The van der Waals surface area contributed by atoms with Gasteiger partial charge in [-0.25, -0.2) is 8.42 Å². The van der Waals surface area contributed by atoms with E-state index in [1.807, 2.05) is 13.8 Å². The number of rotatable bonds is 7. The molecule has 26 heavy (non-hydrogen) atoms. The molecule has 0 saturated heterocycles. The van der Waals surface area contributed by atoms with Gasteiger partial charge in [0.1, 0.15) is 0 Å². The lowest BCUT2D eigenvalue weighted by molar-refractivity contribution is 0.413. The highest BCUT2D eigenvalue weighted by molar-refractivity contribution is 14.0. The number of guanidine groups is 1. The fourth-order valence-corrected chi connectivity index (χ4v) is 5.14. The summed E-state index contributed by atoms with van der Waals surface area (Å²) in [5.74, 6) is 1.40. The molecular formula is C17H36IN3O3S2. The lowest BCUT2D eigenvalue weighted by atomic mass is 9.95. The highest BCUT2D eigenvalue weighted by Gasteiger charge is 2.28. The van der Waals surface area contributed by atoms with Crippen molar-refractivity contribution in [3.8, 4) is 0 Å². The maximum atomic E-state index is 12.2. The van der Waals surface area contributed by atoms with Crippen LogP contribution in [0.3, 0.4) is 0 Å². The van der Waals surface area contributed by atoms with E-state index >= 15 is 0 Å². The molecule has 1 fully saturated rings. The minimum Gasteiger partial charge on any atom is -0.357 e. The van der Waals surface area contributed by atoms with Crippen molar-refractivity contribution in [2.24, 2.45) is 4.99 Å². The Morgan fingerprint density at radius 2 is 1.88 bits per heavy atom. The van der Waals surface area contributed by atoms with Gasteiger partial charge in [-0.2, -0.15) is 0 Å². The van der Waals surface area contributed by atoms with E-state index in [0.717, 1.165) is 32.2 Å². The van der Waals surface area contributed by atoms with E-state index in [1.165, 1.54) is 0 Å². The summed E-state index contributed by atoms with van der Waals surface area (Å²) in [6.07, 6.45) is 4.00. The summed E-state index contributed by atoms with van der Waals surface area (Å²) in [6.45, 7) is 10.1. The van der Waals surface area contributed by atoms with Gasteiger partial charge in [0, 0.05) is 34.4 Å². The molecule has 3 atom stereocenters. The van der Waals surface area contributed by atoms with Gasteiger partial charge in [-0.3, -0.25) is 9.20 Å². The second kappa shape index (κ2) is 11.8. The molecule has 2 N–H and O–H groups in total. The normalized spacial score (nSPS) is 23.0. The number of aliphatic imine (C=N–C) groups is 1. The Bertz CT molecular complexity index is 574. The van der Waals surface area contributed by atoms with E-state index in [9.17, 15) is 12.6 Å². The van der Waals surface area contributed by atoms with Crippen LogP contribution in [0.1, 0.15) is 60.3 Å². The summed E-state index contributed by atoms with van der Waals surface area (Å²) in [6, 6.07) is 0.242. The highest BCUT2D eigenvalue weighted by atomic mass is 127. The molecule has 0 bridgehead atoms. The molecule has 1 aliphatic carbocycles. The SMILES string of the molecule is CCNC(=NCCS(=O)(=O)C(C)(C)C)NC1CCCC(S(=O)CC)C1.I. The van der Waals surface area contributed by atoms with E-state index in [4.69, 9.17) is 0 Å². The number of hydrogen-bond donors (Lipinski definition) is 2. The van der Waals surface area contributed by atoms with Crippen LogP contribution in [0.4, 0.5) is 0 Å². The first kappa shape index (κ1) is 26.1. The van der Waals surface area contributed by atoms with Crippen LogP contribution < -0.4 is 10.6 Å². The van der Waals surface area contributed by atoms with Crippen LogP contribution in [0.2, 0.25) is 0 Å². The zero-order valence-electron chi connectivity index (χ0n) is 16.7. The molecule has 1 aliphatic rings. The maximum Gasteiger partial charge on any atom is 0.191 e. The number of sulfone groups is 1. The van der Waals surface area contributed by atoms with Gasteiger partial charge in [0.2, 0.25) is 0 Å². The zero-order chi connectivity index (χ0) is 19.1. The van der Waals surface area contributed by atoms with Crippen LogP contribution >= 0.6 is 24.0 Å². The number of halogens is 1. The molecule has 9 heteroatoms. The topological polar surface area (TPSA) is 87.6 Å². The third kappa shape index (κ3) is 8.41. The van der Waals surface area contributed by atoms with Gasteiger partial charge in [-0.1, -0.05) is 13.3 Å². The standard InChI is InChI=1S/C17H35N3O3S2.HI/c1-6-18-16(19-11-12-25(22,23)17(3,4)5)20-14-9-8-10-15(13-14)24(21)7-2;/h14-15H,6-13H2,1-5H3,(H2,18,19,20);1H. The van der Waals surface area contributed by atoms with Gasteiger partial charge in [0.25, 0.3) is 0 Å². The molecule has 3 unspecified atom stereocenters. The van der Waals surface area contributed by atoms with Crippen molar-refractivity contribution in [1.82, 2.24) is 10.6 Å². The fourth-order valence-electron chi connectivity index (χ4n) is 2.85. The molecule has 0 aliphatic heterocycles. The van der Waals surface area contributed by atoms with Crippen molar-refractivity contribution in [2.75, 3.05) is 24.6 Å². The number of hydrogen-bond acceptors (Lipinski definition) is 4. The van der Waals surface area contributed by atoms with Gasteiger partial charge in [-0.05, 0) is 47.0 Å². The zero-order valence-corrected chi connectivity index (χ0v) is 20.7. The van der Waals surface area contributed by atoms with Crippen LogP contribution in [-0.2, 0) is 20.6 Å². The first-order valence-corrected chi connectivity index (χ1v) is 12.3. The van der Waals surface area contributed by atoms with Gasteiger partial charge in [0.15, 0.2) is 15.8 Å². The predicted molar refractivity (Wildman–Crippen MR) is 123 cm³/mol. The molecule has 0 spiro atoms. The lowest BCUT2D eigenvalue weighted by Gasteiger charge is -2.30. The van der Waals surface area contributed by atoms with E-state index < -0.39 is 25.4 Å². The smallest absolute Gasteiger partial charge is 0.191 e. The quantitative estimate of drug-likeness (QED) is 0.305. The molecule has 156 valence electrons. The fraction of sp³-hybridized carbons (Fsp3) is 0.941. The number of nitrogens with zero attached hydrogens (tertiary/aromatic N) is 1. The maximum absolute atomic E-state index is 12.2. The molecule has 0 aromatic rings. The van der Waals surface area contributed by atoms with Crippen LogP contribution in [-0.4, -0.2) is 59.2 Å². The monoisotopic (exact) mass is 521 g/mol. The summed E-state index contributed by atoms with van der Waals surface area (Å²) in [7, 11) is -3.93. The molecule has 0 aromatic carbocycles. The molecule has 0 radical (unpaired) electrons. The average Bonchev–Trinajstić information content (AvgIpc) is 2.53. The van der Waals surface area contributed by atoms with E-state index in [0.29, 0.717) is 11.7 Å². The van der Waals surface area contributed by atoms with Crippen LogP contribution in [0.5, 0.6) is 0 Å². The second-order valence-corrected chi connectivity index (χ2v) is 12.4. The van der Waals surface area contributed by atoms with Gasteiger partial charge < -0.3 is 10.6 Å². The van der Waals surface area contributed by atoms with Crippen molar-refractivity contribution in [3.63, 3.8) is 0 Å². The van der Waals surface area contributed by atoms with Gasteiger partial charge >= 0.3 is 0 Å². The van der Waals surface area contributed by atoms with Crippen molar-refractivity contribution in [3.05, 3.63) is 0 Å². The number of nitrogens with one attached hydrogen (secondary N) is 2. The Balaban J connectivity index is 0.00000625. The summed E-state index contributed by atoms with van der Waals surface area (Å²) in [5.41, 5.74) is 0. The van der Waals surface area contributed by atoms with Crippen molar-refractivity contribution >= 4 is 50.6 Å². The second-order valence-electron chi connectivity index (χ2n) is 7.49. The van der Waals surface area contributed by atoms with Gasteiger partial charge in [-0.15, -0.1) is 24.0 Å². The van der Waals surface area contributed by atoms with Crippen molar-refractivity contribution in [2.45, 2.75) is 76.3 Å². The highest BCUT2D eigenvalue weighted by Crippen LogP contribution is 2.23. The molecule has 1 rings (SSSR count). The van der Waals surface area contributed by atoms with Crippen LogP contribution in [0.25, 0.3) is 0 Å². The summed E-state index contributed by atoms with van der Waals surface area (Å²) in [5, 5.41) is 6.83. The third-order valence-electron chi connectivity index (χ3n) is 4.53. The molecule has 6 nitrogen and oxygen atoms in total. The Hall–Kier alpha value is 0.1000. The minimum atomic E-state index is -3.17. The first-order chi connectivity index (χ1) is 11.6. The van der Waals surface area contributed by atoms with Crippen LogP contribution in [0.15, 0.2) is 4.99 Å². The van der Waals surface area contributed by atoms with Gasteiger partial charge in [0.05, 0.1) is 17.0 Å². The molecule has 0 aromatic heterocycles. The summed E-state index contributed by atoms with van der Waals surface area (Å²) in [4.78, 5) is 4.44. The minimum absolute atomic E-state index is 0. The first-order valence-electron chi connectivity index (χ1n) is 9.25. The van der Waals surface area contributed by atoms with E-state index in [-0.39, 0.29) is 47.6 Å². The molecule has 0 heterocycles. The molecule has 0 amide bonds. The summed E-state index contributed by atoms with van der Waals surface area (Å²) >= 11 is 0. The molecular weight excluding hydrogens is 485 g/mol. The van der Waals surface area contributed by atoms with Crippen molar-refractivity contribution < 1.29 is 12.6 Å². The summed E-state index contributed by atoms with van der Waals surface area (Å²) < 4.78 is 35.7. The predicted octanol–water partition coefficient (Wildman–Crippen LogP) is 2.45. The van der Waals surface area contributed by atoms with E-state index in [2.05, 4.69) is 15.6 Å². The van der Waals surface area contributed by atoms with E-state index in [1.54, 1.807) is 20.8 Å². The Morgan fingerprint density at radius 1 is 1.23 bits per heavy atom. The third-order valence-corrected chi connectivity index (χ3v) is 8.86. The van der Waals surface area contributed by atoms with Crippen molar-refractivity contribution in [1.29, 1.82) is 0 Å². The lowest BCUT2D eigenvalue weighted by Crippen LogP contribution is -2.47. The Morgan fingerprint density at radius 3 is 2.42 bits per heavy atom. The average molecular weight is 522 g/mol. The largest absolute Gasteiger partial charge is 0.357 e. The van der Waals surface area contributed by atoms with Crippen LogP contribution in [0, 0.1) is 0 Å². The molecule has 1 saturated carbocycles. The Labute approximate surface area is 179 Å².